The number of aryl methyl sites for hydroxylation is 1. The predicted octanol–water partition coefficient (Wildman–Crippen LogP) is 3.04. The van der Waals surface area contributed by atoms with Crippen LogP contribution in [0.15, 0.2) is 21.9 Å². The highest BCUT2D eigenvalue weighted by Gasteiger charge is 2.49. The van der Waals surface area contributed by atoms with E-state index in [-0.39, 0.29) is 11.8 Å². The van der Waals surface area contributed by atoms with Crippen molar-refractivity contribution < 1.29 is 19.1 Å². The standard InChI is InChI=1S/C17H18N2O4S/c1-9-5-6-13(23-9)15-18-12(8-24-15)16(20)19-7-10-3-2-4-11(10)14(19)17(21)22/h5-6,8,10-11,14H,2-4,7H2,1H3,(H,21,22). The molecule has 3 unspecified atom stereocenters. The topological polar surface area (TPSA) is 83.6 Å². The van der Waals surface area contributed by atoms with Crippen LogP contribution < -0.4 is 0 Å². The second-order valence-corrected chi connectivity index (χ2v) is 7.40. The largest absolute Gasteiger partial charge is 0.480 e. The minimum absolute atomic E-state index is 0.0808. The summed E-state index contributed by atoms with van der Waals surface area (Å²) in [5, 5.41) is 11.9. The monoisotopic (exact) mass is 346 g/mol. The normalized spacial score (nSPS) is 25.9. The van der Waals surface area contributed by atoms with Gasteiger partial charge in [0.25, 0.3) is 5.91 Å². The van der Waals surface area contributed by atoms with Gasteiger partial charge in [0.2, 0.25) is 0 Å². The molecule has 2 fully saturated rings. The summed E-state index contributed by atoms with van der Waals surface area (Å²) >= 11 is 1.33. The number of carbonyl (C=O) groups is 2. The van der Waals surface area contributed by atoms with Gasteiger partial charge < -0.3 is 14.4 Å². The lowest BCUT2D eigenvalue weighted by molar-refractivity contribution is -0.142. The lowest BCUT2D eigenvalue weighted by atomic mass is 9.94. The van der Waals surface area contributed by atoms with Crippen molar-refractivity contribution in [3.05, 3.63) is 29.0 Å². The summed E-state index contributed by atoms with van der Waals surface area (Å²) in [6.45, 7) is 2.37. The fourth-order valence-electron chi connectivity index (χ4n) is 4.01. The van der Waals surface area contributed by atoms with E-state index in [4.69, 9.17) is 4.42 Å². The molecular weight excluding hydrogens is 328 g/mol. The lowest BCUT2D eigenvalue weighted by Gasteiger charge is -2.23. The molecule has 3 atom stereocenters. The highest BCUT2D eigenvalue weighted by atomic mass is 32.1. The number of rotatable bonds is 3. The Labute approximate surface area is 143 Å². The van der Waals surface area contributed by atoms with Crippen molar-refractivity contribution in [2.24, 2.45) is 11.8 Å². The number of furan rings is 1. The Hall–Kier alpha value is -2.15. The summed E-state index contributed by atoms with van der Waals surface area (Å²) in [7, 11) is 0. The van der Waals surface area contributed by atoms with E-state index in [0.717, 1.165) is 25.0 Å². The summed E-state index contributed by atoms with van der Waals surface area (Å²) < 4.78 is 5.54. The van der Waals surface area contributed by atoms with E-state index in [9.17, 15) is 14.7 Å². The summed E-state index contributed by atoms with van der Waals surface area (Å²) in [4.78, 5) is 30.4. The number of hydrogen-bond donors (Lipinski definition) is 1. The fourth-order valence-corrected chi connectivity index (χ4v) is 4.77. The Kier molecular flexibility index (Phi) is 3.68. The van der Waals surface area contributed by atoms with Crippen LogP contribution in [0.25, 0.3) is 10.8 Å². The number of nitrogens with zero attached hydrogens (tertiary/aromatic N) is 2. The van der Waals surface area contributed by atoms with Gasteiger partial charge in [-0.1, -0.05) is 6.42 Å². The van der Waals surface area contributed by atoms with Crippen LogP contribution in [0.1, 0.15) is 35.5 Å². The Bertz CT molecular complexity index is 796. The van der Waals surface area contributed by atoms with Crippen molar-refractivity contribution in [1.29, 1.82) is 0 Å². The summed E-state index contributed by atoms with van der Waals surface area (Å²) in [5.74, 6) is 0.603. The van der Waals surface area contributed by atoms with E-state index in [0.29, 0.717) is 28.9 Å². The molecule has 0 aromatic carbocycles. The van der Waals surface area contributed by atoms with Gasteiger partial charge in [0.15, 0.2) is 10.8 Å². The summed E-state index contributed by atoms with van der Waals surface area (Å²) in [6.07, 6.45) is 2.95. The van der Waals surface area contributed by atoms with Gasteiger partial charge >= 0.3 is 5.97 Å². The van der Waals surface area contributed by atoms with E-state index < -0.39 is 12.0 Å². The number of fused-ring (bicyclic) bond motifs is 1. The first-order valence-electron chi connectivity index (χ1n) is 8.10. The van der Waals surface area contributed by atoms with Gasteiger partial charge in [0.05, 0.1) is 0 Å². The zero-order chi connectivity index (χ0) is 16.8. The van der Waals surface area contributed by atoms with Crippen molar-refractivity contribution in [2.45, 2.75) is 32.2 Å². The zero-order valence-electron chi connectivity index (χ0n) is 13.3. The zero-order valence-corrected chi connectivity index (χ0v) is 14.1. The molecule has 126 valence electrons. The van der Waals surface area contributed by atoms with Crippen molar-refractivity contribution in [3.8, 4) is 10.8 Å². The molecule has 2 aliphatic rings. The number of aliphatic carboxylic acids is 1. The molecule has 2 aromatic heterocycles. The van der Waals surface area contributed by atoms with E-state index in [1.807, 2.05) is 19.1 Å². The second-order valence-electron chi connectivity index (χ2n) is 6.54. The van der Waals surface area contributed by atoms with Gasteiger partial charge in [-0.05, 0) is 43.7 Å². The van der Waals surface area contributed by atoms with E-state index in [1.54, 1.807) is 5.38 Å². The Morgan fingerprint density at radius 1 is 1.38 bits per heavy atom. The van der Waals surface area contributed by atoms with Crippen LogP contribution in [0.3, 0.4) is 0 Å². The van der Waals surface area contributed by atoms with Gasteiger partial charge in [-0.25, -0.2) is 9.78 Å². The number of likely N-dealkylation sites (tertiary alicyclic amines) is 1. The van der Waals surface area contributed by atoms with Crippen LogP contribution in [0.2, 0.25) is 0 Å². The Balaban J connectivity index is 1.59. The average molecular weight is 346 g/mol. The van der Waals surface area contributed by atoms with Gasteiger partial charge in [0, 0.05) is 11.9 Å². The van der Waals surface area contributed by atoms with Gasteiger partial charge in [-0.3, -0.25) is 4.79 Å². The molecule has 1 saturated carbocycles. The van der Waals surface area contributed by atoms with Crippen molar-refractivity contribution >= 4 is 23.2 Å². The third-order valence-corrected chi connectivity index (χ3v) is 5.94. The first kappa shape index (κ1) is 15.4. The number of carbonyl (C=O) groups excluding carboxylic acids is 1. The third kappa shape index (κ3) is 2.43. The van der Waals surface area contributed by atoms with E-state index in [1.165, 1.54) is 16.2 Å². The maximum Gasteiger partial charge on any atom is 0.326 e. The molecule has 1 saturated heterocycles. The van der Waals surface area contributed by atoms with Crippen LogP contribution >= 0.6 is 11.3 Å². The maximum atomic E-state index is 12.8. The minimum atomic E-state index is -0.908. The molecule has 0 radical (unpaired) electrons. The highest BCUT2D eigenvalue weighted by Crippen LogP contribution is 2.42. The quantitative estimate of drug-likeness (QED) is 0.923. The SMILES string of the molecule is Cc1ccc(-c2nc(C(=O)N3CC4CCCC4C3C(=O)O)cs2)o1. The number of aromatic nitrogens is 1. The lowest BCUT2D eigenvalue weighted by Crippen LogP contribution is -2.43. The molecule has 1 N–H and O–H groups in total. The van der Waals surface area contributed by atoms with E-state index in [2.05, 4.69) is 4.98 Å². The van der Waals surface area contributed by atoms with Crippen LogP contribution in [-0.4, -0.2) is 39.5 Å². The smallest absolute Gasteiger partial charge is 0.326 e. The van der Waals surface area contributed by atoms with E-state index >= 15 is 0 Å². The summed E-state index contributed by atoms with van der Waals surface area (Å²) in [6, 6.07) is 2.95. The Morgan fingerprint density at radius 3 is 2.92 bits per heavy atom. The molecule has 1 aliphatic heterocycles. The van der Waals surface area contributed by atoms with Crippen LogP contribution in [0, 0.1) is 18.8 Å². The third-order valence-electron chi connectivity index (χ3n) is 5.08. The van der Waals surface area contributed by atoms with Gasteiger partial charge in [0.1, 0.15) is 17.5 Å². The first-order valence-corrected chi connectivity index (χ1v) is 8.98. The highest BCUT2D eigenvalue weighted by molar-refractivity contribution is 7.13. The minimum Gasteiger partial charge on any atom is -0.480 e. The number of thiazole rings is 1. The van der Waals surface area contributed by atoms with Gasteiger partial charge in [-0.15, -0.1) is 11.3 Å². The number of carboxylic acids is 1. The Morgan fingerprint density at radius 2 is 2.21 bits per heavy atom. The van der Waals surface area contributed by atoms with Crippen LogP contribution in [-0.2, 0) is 4.79 Å². The van der Waals surface area contributed by atoms with Crippen LogP contribution in [0.5, 0.6) is 0 Å². The molecule has 1 amide bonds. The maximum absolute atomic E-state index is 12.8. The summed E-state index contributed by atoms with van der Waals surface area (Å²) in [5.41, 5.74) is 0.301. The molecule has 1 aliphatic carbocycles. The van der Waals surface area contributed by atoms with Crippen LogP contribution in [0.4, 0.5) is 0 Å². The molecule has 7 heteroatoms. The fraction of sp³-hybridized carbons (Fsp3) is 0.471. The number of amides is 1. The van der Waals surface area contributed by atoms with Crippen molar-refractivity contribution in [1.82, 2.24) is 9.88 Å². The number of hydrogen-bond acceptors (Lipinski definition) is 5. The van der Waals surface area contributed by atoms with Crippen molar-refractivity contribution in [3.63, 3.8) is 0 Å². The number of carboxylic acid groups (broad SMARTS) is 1. The average Bonchev–Trinajstić information content (AvgIpc) is 3.28. The molecule has 2 aromatic rings. The molecule has 0 bridgehead atoms. The second kappa shape index (κ2) is 5.73. The van der Waals surface area contributed by atoms with Gasteiger partial charge in [-0.2, -0.15) is 0 Å². The van der Waals surface area contributed by atoms with Crippen molar-refractivity contribution in [2.75, 3.05) is 6.54 Å². The molecule has 6 nitrogen and oxygen atoms in total. The molecule has 24 heavy (non-hydrogen) atoms. The predicted molar refractivity (Wildman–Crippen MR) is 87.8 cm³/mol. The molecule has 0 spiro atoms. The first-order chi connectivity index (χ1) is 11.5. The molecule has 4 rings (SSSR count). The molecule has 3 heterocycles. The molecular formula is C17H18N2O4S.